The molecule has 0 aromatic heterocycles. The van der Waals surface area contributed by atoms with E-state index in [9.17, 15) is 0 Å². The van der Waals surface area contributed by atoms with Crippen molar-refractivity contribution in [3.8, 4) is 0 Å². The van der Waals surface area contributed by atoms with Gasteiger partial charge in [-0.25, -0.2) is 0 Å². The predicted octanol–water partition coefficient (Wildman–Crippen LogP) is 4.63. The lowest BCUT2D eigenvalue weighted by molar-refractivity contribution is 0.705. The van der Waals surface area contributed by atoms with E-state index in [-0.39, 0.29) is 0 Å². The summed E-state index contributed by atoms with van der Waals surface area (Å²) in [6, 6.07) is 3.77. The molecule has 0 aromatic carbocycles. The first-order valence-corrected chi connectivity index (χ1v) is 7.77. The van der Waals surface area contributed by atoms with Crippen molar-refractivity contribution in [1.82, 2.24) is 0 Å². The molecule has 0 rings (SSSR count). The van der Waals surface area contributed by atoms with Crippen molar-refractivity contribution >= 4 is 8.07 Å². The van der Waals surface area contributed by atoms with Gasteiger partial charge in [-0.1, -0.05) is 45.9 Å². The third-order valence-corrected chi connectivity index (χ3v) is 10.0. The van der Waals surface area contributed by atoms with Crippen LogP contribution in [0, 0.1) is 0 Å². The van der Waals surface area contributed by atoms with Gasteiger partial charge in [0.1, 0.15) is 0 Å². The fraction of sp³-hybridized carbons (Fsp3) is 0.667. The third-order valence-electron chi connectivity index (χ3n) is 3.34. The standard InChI is InChI=1S/C12H24Si/c1-7-10-13(9-3,11-8-2)12(4,5)6/h7-8H,1-2,9-11H2,3-6H3. The topological polar surface area (TPSA) is 0 Å². The minimum absolute atomic E-state index is 0.462. The molecule has 0 bridgehead atoms. The quantitative estimate of drug-likeness (QED) is 0.444. The van der Waals surface area contributed by atoms with Crippen LogP contribution in [0.1, 0.15) is 27.7 Å². The Morgan fingerprint density at radius 1 is 1.08 bits per heavy atom. The zero-order valence-corrected chi connectivity index (χ0v) is 10.7. The molecule has 76 valence electrons. The lowest BCUT2D eigenvalue weighted by Gasteiger charge is -2.41. The molecule has 0 amide bonds. The Bertz CT molecular complexity index is 164. The highest BCUT2D eigenvalue weighted by molar-refractivity contribution is 6.83. The van der Waals surface area contributed by atoms with Gasteiger partial charge in [-0.15, -0.1) is 13.2 Å². The van der Waals surface area contributed by atoms with Crippen LogP contribution >= 0.6 is 0 Å². The molecule has 13 heavy (non-hydrogen) atoms. The van der Waals surface area contributed by atoms with Gasteiger partial charge in [-0.2, -0.15) is 0 Å². The van der Waals surface area contributed by atoms with E-state index in [1.807, 2.05) is 0 Å². The minimum atomic E-state index is -1.21. The average Bonchev–Trinajstić information content (AvgIpc) is 2.02. The molecule has 0 spiro atoms. The maximum atomic E-state index is 3.89. The van der Waals surface area contributed by atoms with Crippen molar-refractivity contribution < 1.29 is 0 Å². The number of hydrogen-bond donors (Lipinski definition) is 0. The van der Waals surface area contributed by atoms with Crippen molar-refractivity contribution in [2.75, 3.05) is 0 Å². The van der Waals surface area contributed by atoms with Crippen LogP contribution in [0.2, 0.25) is 23.2 Å². The van der Waals surface area contributed by atoms with Crippen molar-refractivity contribution in [2.45, 2.75) is 50.9 Å². The van der Waals surface area contributed by atoms with Crippen LogP contribution in [-0.2, 0) is 0 Å². The minimum Gasteiger partial charge on any atom is -0.103 e. The lowest BCUT2D eigenvalue weighted by Crippen LogP contribution is -2.42. The summed E-state index contributed by atoms with van der Waals surface area (Å²) in [6.45, 7) is 17.2. The monoisotopic (exact) mass is 196 g/mol. The van der Waals surface area contributed by atoms with Crippen LogP contribution in [0.3, 0.4) is 0 Å². The number of allylic oxidation sites excluding steroid dienone is 2. The van der Waals surface area contributed by atoms with Gasteiger partial charge in [0, 0.05) is 0 Å². The van der Waals surface area contributed by atoms with Gasteiger partial charge in [0.25, 0.3) is 0 Å². The summed E-state index contributed by atoms with van der Waals surface area (Å²) >= 11 is 0. The largest absolute Gasteiger partial charge is 0.103 e. The SMILES string of the molecule is C=CC[Si](CC)(CC=C)C(C)(C)C. The predicted molar refractivity (Wildman–Crippen MR) is 66.0 cm³/mol. The lowest BCUT2D eigenvalue weighted by atomic mass is 10.2. The maximum absolute atomic E-state index is 3.89. The molecule has 0 heterocycles. The van der Waals surface area contributed by atoms with Gasteiger partial charge in [-0.05, 0) is 17.1 Å². The zero-order chi connectivity index (χ0) is 10.5. The number of rotatable bonds is 5. The Kier molecular flexibility index (Phi) is 4.69. The first kappa shape index (κ1) is 12.7. The van der Waals surface area contributed by atoms with Crippen LogP contribution in [0.5, 0.6) is 0 Å². The molecule has 0 unspecified atom stereocenters. The molecule has 0 saturated heterocycles. The average molecular weight is 196 g/mol. The molecule has 0 aromatic rings. The fourth-order valence-corrected chi connectivity index (χ4v) is 6.20. The summed E-state index contributed by atoms with van der Waals surface area (Å²) in [7, 11) is -1.21. The molecule has 0 nitrogen and oxygen atoms in total. The molecule has 0 aliphatic heterocycles. The van der Waals surface area contributed by atoms with Gasteiger partial charge in [0.2, 0.25) is 0 Å². The summed E-state index contributed by atoms with van der Waals surface area (Å²) in [5.41, 5.74) is 0. The van der Waals surface area contributed by atoms with E-state index in [4.69, 9.17) is 0 Å². The smallest absolute Gasteiger partial charge is 0.0661 e. The second-order valence-electron chi connectivity index (χ2n) is 4.87. The summed E-state index contributed by atoms with van der Waals surface area (Å²) < 4.78 is 0. The van der Waals surface area contributed by atoms with Gasteiger partial charge in [-0.3, -0.25) is 0 Å². The first-order valence-electron chi connectivity index (χ1n) is 5.15. The highest BCUT2D eigenvalue weighted by Gasteiger charge is 2.39. The number of hydrogen-bond acceptors (Lipinski definition) is 0. The van der Waals surface area contributed by atoms with Crippen LogP contribution < -0.4 is 0 Å². The first-order chi connectivity index (χ1) is 5.93. The normalized spacial score (nSPS) is 12.6. The molecular formula is C12H24Si. The van der Waals surface area contributed by atoms with Crippen molar-refractivity contribution in [3.63, 3.8) is 0 Å². The molecule has 0 atom stereocenters. The molecule has 0 aliphatic rings. The maximum Gasteiger partial charge on any atom is 0.0661 e. The molecular weight excluding hydrogens is 172 g/mol. The molecule has 1 heteroatoms. The Hall–Kier alpha value is -0.303. The highest BCUT2D eigenvalue weighted by Crippen LogP contribution is 2.44. The molecule has 0 radical (unpaired) electrons. The second-order valence-corrected chi connectivity index (χ2v) is 10.5. The van der Waals surface area contributed by atoms with E-state index >= 15 is 0 Å². The highest BCUT2D eigenvalue weighted by atomic mass is 28.3. The molecule has 0 aliphatic carbocycles. The zero-order valence-electron chi connectivity index (χ0n) is 9.69. The summed E-state index contributed by atoms with van der Waals surface area (Å²) in [6.07, 6.45) is 4.20. The molecule has 0 saturated carbocycles. The Labute approximate surface area is 84.8 Å². The van der Waals surface area contributed by atoms with Crippen molar-refractivity contribution in [1.29, 1.82) is 0 Å². The Morgan fingerprint density at radius 3 is 1.62 bits per heavy atom. The van der Waals surface area contributed by atoms with Crippen molar-refractivity contribution in [3.05, 3.63) is 25.3 Å². The van der Waals surface area contributed by atoms with Crippen molar-refractivity contribution in [2.24, 2.45) is 0 Å². The Balaban J connectivity index is 4.84. The summed E-state index contributed by atoms with van der Waals surface area (Å²) in [5.74, 6) is 0. The third kappa shape index (κ3) is 2.83. The van der Waals surface area contributed by atoms with Gasteiger partial charge in [0.05, 0.1) is 8.07 Å². The van der Waals surface area contributed by atoms with E-state index in [0.29, 0.717) is 5.04 Å². The van der Waals surface area contributed by atoms with Crippen LogP contribution in [0.15, 0.2) is 25.3 Å². The van der Waals surface area contributed by atoms with Crippen LogP contribution in [-0.4, -0.2) is 8.07 Å². The van der Waals surface area contributed by atoms with E-state index in [2.05, 4.69) is 53.0 Å². The van der Waals surface area contributed by atoms with E-state index in [1.165, 1.54) is 18.1 Å². The second kappa shape index (κ2) is 4.80. The van der Waals surface area contributed by atoms with Crippen LogP contribution in [0.4, 0.5) is 0 Å². The van der Waals surface area contributed by atoms with Gasteiger partial charge in [0.15, 0.2) is 0 Å². The molecule has 0 fully saturated rings. The van der Waals surface area contributed by atoms with Crippen LogP contribution in [0.25, 0.3) is 0 Å². The van der Waals surface area contributed by atoms with Gasteiger partial charge >= 0.3 is 0 Å². The molecule has 0 N–H and O–H groups in total. The summed E-state index contributed by atoms with van der Waals surface area (Å²) in [5, 5.41) is 0.462. The Morgan fingerprint density at radius 2 is 1.46 bits per heavy atom. The van der Waals surface area contributed by atoms with E-state index in [1.54, 1.807) is 0 Å². The van der Waals surface area contributed by atoms with Gasteiger partial charge < -0.3 is 0 Å². The van der Waals surface area contributed by atoms with E-state index < -0.39 is 8.07 Å². The fourth-order valence-electron chi connectivity index (χ4n) is 2.07. The summed E-state index contributed by atoms with van der Waals surface area (Å²) in [4.78, 5) is 0. The van der Waals surface area contributed by atoms with E-state index in [0.717, 1.165) is 0 Å².